The van der Waals surface area contributed by atoms with E-state index in [4.69, 9.17) is 39.5 Å². The maximum Gasteiger partial charge on any atom is 0.407 e. The van der Waals surface area contributed by atoms with Crippen LogP contribution < -0.4 is 5.32 Å². The standard InChI is InChI=1S/C17H16Cl3NO4/c18-11-6-12(15(20)13(19)7-11)16(23)14(22)8-21-17(24)25-9-10-4-2-1-3-5-10/h1-7,14,16,22-23H,8-9H2,(H,21,24). The molecule has 25 heavy (non-hydrogen) atoms. The Balaban J connectivity index is 1.87. The highest BCUT2D eigenvalue weighted by Crippen LogP contribution is 2.34. The van der Waals surface area contributed by atoms with E-state index in [1.165, 1.54) is 12.1 Å². The van der Waals surface area contributed by atoms with Crippen molar-refractivity contribution in [3.05, 3.63) is 68.7 Å². The topological polar surface area (TPSA) is 78.8 Å². The fourth-order valence-electron chi connectivity index (χ4n) is 2.07. The molecule has 134 valence electrons. The van der Waals surface area contributed by atoms with Crippen molar-refractivity contribution in [3.8, 4) is 0 Å². The van der Waals surface area contributed by atoms with Crippen LogP contribution in [-0.4, -0.2) is 29.0 Å². The summed E-state index contributed by atoms with van der Waals surface area (Å²) in [4.78, 5) is 11.7. The van der Waals surface area contributed by atoms with Crippen LogP contribution in [0.5, 0.6) is 0 Å². The molecule has 0 spiro atoms. The molecule has 2 atom stereocenters. The Hall–Kier alpha value is -1.50. The highest BCUT2D eigenvalue weighted by Gasteiger charge is 2.23. The van der Waals surface area contributed by atoms with Crippen molar-refractivity contribution in [1.82, 2.24) is 5.32 Å². The first-order chi connectivity index (χ1) is 11.9. The molecule has 2 aromatic carbocycles. The van der Waals surface area contributed by atoms with Gasteiger partial charge in [0.1, 0.15) is 18.8 Å². The summed E-state index contributed by atoms with van der Waals surface area (Å²) in [6.07, 6.45) is -3.42. The lowest BCUT2D eigenvalue weighted by Crippen LogP contribution is -2.35. The smallest absolute Gasteiger partial charge is 0.407 e. The third-order valence-electron chi connectivity index (χ3n) is 3.37. The van der Waals surface area contributed by atoms with Crippen LogP contribution in [0.15, 0.2) is 42.5 Å². The molecule has 1 amide bonds. The summed E-state index contributed by atoms with van der Waals surface area (Å²) in [7, 11) is 0. The second-order valence-corrected chi connectivity index (χ2v) is 6.47. The molecule has 2 unspecified atom stereocenters. The third-order valence-corrected chi connectivity index (χ3v) is 4.41. The van der Waals surface area contributed by atoms with Crippen molar-refractivity contribution in [2.24, 2.45) is 0 Å². The minimum atomic E-state index is -1.38. The number of carbonyl (C=O) groups excluding carboxylic acids is 1. The first-order valence-corrected chi connectivity index (χ1v) is 8.47. The lowest BCUT2D eigenvalue weighted by atomic mass is 10.0. The Morgan fingerprint density at radius 2 is 1.80 bits per heavy atom. The molecule has 8 heteroatoms. The van der Waals surface area contributed by atoms with Crippen molar-refractivity contribution in [2.45, 2.75) is 18.8 Å². The van der Waals surface area contributed by atoms with Crippen LogP contribution >= 0.6 is 34.8 Å². The quantitative estimate of drug-likeness (QED) is 0.637. The number of hydrogen-bond donors (Lipinski definition) is 3. The molecule has 0 saturated carbocycles. The Morgan fingerprint density at radius 3 is 2.48 bits per heavy atom. The van der Waals surface area contributed by atoms with Crippen molar-refractivity contribution in [1.29, 1.82) is 0 Å². The second kappa shape index (κ2) is 9.27. The summed E-state index contributed by atoms with van der Waals surface area (Å²) >= 11 is 17.8. The van der Waals surface area contributed by atoms with Crippen molar-refractivity contribution in [2.75, 3.05) is 6.54 Å². The molecule has 5 nitrogen and oxygen atoms in total. The molecule has 0 fully saturated rings. The van der Waals surface area contributed by atoms with E-state index in [2.05, 4.69) is 5.32 Å². The highest BCUT2D eigenvalue weighted by atomic mass is 35.5. The number of halogens is 3. The van der Waals surface area contributed by atoms with Gasteiger partial charge in [0.25, 0.3) is 0 Å². The summed E-state index contributed by atoms with van der Waals surface area (Å²) in [6.45, 7) is -0.143. The van der Waals surface area contributed by atoms with Crippen molar-refractivity contribution in [3.63, 3.8) is 0 Å². The minimum Gasteiger partial charge on any atom is -0.445 e. The molecule has 2 rings (SSSR count). The van der Waals surface area contributed by atoms with Gasteiger partial charge in [0.05, 0.1) is 10.0 Å². The second-order valence-electron chi connectivity index (χ2n) is 5.25. The SMILES string of the molecule is O=C(NCC(O)C(O)c1cc(Cl)cc(Cl)c1Cl)OCc1ccccc1. The van der Waals surface area contributed by atoms with Gasteiger partial charge in [0.15, 0.2) is 0 Å². The number of aliphatic hydroxyl groups is 2. The van der Waals surface area contributed by atoms with E-state index in [-0.39, 0.29) is 33.8 Å². The lowest BCUT2D eigenvalue weighted by Gasteiger charge is -2.20. The van der Waals surface area contributed by atoms with Crippen LogP contribution in [0, 0.1) is 0 Å². The molecule has 0 radical (unpaired) electrons. The monoisotopic (exact) mass is 403 g/mol. The normalized spacial score (nSPS) is 13.2. The molecule has 2 aromatic rings. The van der Waals surface area contributed by atoms with Gasteiger partial charge in [-0.25, -0.2) is 4.79 Å². The Labute approximate surface area is 160 Å². The van der Waals surface area contributed by atoms with Gasteiger partial charge >= 0.3 is 6.09 Å². The maximum atomic E-state index is 11.7. The number of nitrogens with one attached hydrogen (secondary N) is 1. The van der Waals surface area contributed by atoms with Crippen LogP contribution in [0.2, 0.25) is 15.1 Å². The molecule has 0 aliphatic rings. The molecule has 0 aliphatic carbocycles. The molecule has 3 N–H and O–H groups in total. The van der Waals surface area contributed by atoms with Gasteiger partial charge in [-0.15, -0.1) is 0 Å². The van der Waals surface area contributed by atoms with Gasteiger partial charge in [-0.3, -0.25) is 0 Å². The summed E-state index contributed by atoms with van der Waals surface area (Å²) < 4.78 is 5.01. The van der Waals surface area contributed by atoms with Crippen LogP contribution in [0.1, 0.15) is 17.2 Å². The Kier molecular flexibility index (Phi) is 7.35. The first-order valence-electron chi connectivity index (χ1n) is 7.33. The van der Waals surface area contributed by atoms with Gasteiger partial charge in [-0.2, -0.15) is 0 Å². The van der Waals surface area contributed by atoms with Gasteiger partial charge in [-0.1, -0.05) is 65.1 Å². The summed E-state index contributed by atoms with van der Waals surface area (Å²) in [5.41, 5.74) is 1.00. The van der Waals surface area contributed by atoms with E-state index >= 15 is 0 Å². The van der Waals surface area contributed by atoms with E-state index in [1.54, 1.807) is 0 Å². The fraction of sp³-hybridized carbons (Fsp3) is 0.235. The van der Waals surface area contributed by atoms with Gasteiger partial charge in [-0.05, 0) is 17.7 Å². The highest BCUT2D eigenvalue weighted by molar-refractivity contribution is 6.43. The van der Waals surface area contributed by atoms with E-state index < -0.39 is 18.3 Å². The average molecular weight is 405 g/mol. The average Bonchev–Trinajstić information content (AvgIpc) is 2.61. The van der Waals surface area contributed by atoms with Crippen LogP contribution in [0.3, 0.4) is 0 Å². The number of rotatable bonds is 6. The number of amides is 1. The van der Waals surface area contributed by atoms with Gasteiger partial charge in [0.2, 0.25) is 0 Å². The molecule has 0 aromatic heterocycles. The van der Waals surface area contributed by atoms with Crippen molar-refractivity contribution < 1.29 is 19.7 Å². The van der Waals surface area contributed by atoms with Crippen LogP contribution in [-0.2, 0) is 11.3 Å². The fourth-order valence-corrected chi connectivity index (χ4v) is 2.80. The predicted octanol–water partition coefficient (Wildman–Crippen LogP) is 3.97. The van der Waals surface area contributed by atoms with E-state index in [0.29, 0.717) is 0 Å². The van der Waals surface area contributed by atoms with Gasteiger partial charge < -0.3 is 20.3 Å². The molecular weight excluding hydrogens is 389 g/mol. The Morgan fingerprint density at radius 1 is 1.12 bits per heavy atom. The van der Waals surface area contributed by atoms with Crippen LogP contribution in [0.25, 0.3) is 0 Å². The van der Waals surface area contributed by atoms with E-state index in [0.717, 1.165) is 5.56 Å². The predicted molar refractivity (Wildman–Crippen MR) is 97.1 cm³/mol. The number of benzene rings is 2. The zero-order valence-electron chi connectivity index (χ0n) is 13.0. The Bertz CT molecular complexity index is 727. The number of hydrogen-bond acceptors (Lipinski definition) is 4. The lowest BCUT2D eigenvalue weighted by molar-refractivity contribution is 0.0185. The minimum absolute atomic E-state index is 0.0873. The van der Waals surface area contributed by atoms with E-state index in [9.17, 15) is 15.0 Å². The molecular formula is C17H16Cl3NO4. The zero-order valence-corrected chi connectivity index (χ0v) is 15.2. The number of carbonyl (C=O) groups is 1. The molecule has 0 aliphatic heterocycles. The first kappa shape index (κ1) is 19.8. The number of alkyl carbamates (subject to hydrolysis) is 1. The number of aliphatic hydroxyl groups excluding tert-OH is 2. The maximum absolute atomic E-state index is 11.7. The zero-order chi connectivity index (χ0) is 18.4. The summed E-state index contributed by atoms with van der Waals surface area (Å²) in [6, 6.07) is 12.0. The summed E-state index contributed by atoms with van der Waals surface area (Å²) in [5.74, 6) is 0. The molecule has 0 heterocycles. The molecule has 0 bridgehead atoms. The van der Waals surface area contributed by atoms with E-state index in [1.807, 2.05) is 30.3 Å². The van der Waals surface area contributed by atoms with Crippen LogP contribution in [0.4, 0.5) is 4.79 Å². The van der Waals surface area contributed by atoms with Crippen molar-refractivity contribution >= 4 is 40.9 Å². The molecule has 0 saturated heterocycles. The number of ether oxygens (including phenoxy) is 1. The summed E-state index contributed by atoms with van der Waals surface area (Å²) in [5, 5.41) is 23.1. The third kappa shape index (κ3) is 5.76. The largest absolute Gasteiger partial charge is 0.445 e. The van der Waals surface area contributed by atoms with Gasteiger partial charge in [0, 0.05) is 17.1 Å².